The van der Waals surface area contributed by atoms with Crippen LogP contribution >= 0.6 is 0 Å². The van der Waals surface area contributed by atoms with E-state index >= 15 is 0 Å². The quantitative estimate of drug-likeness (QED) is 0.828. The summed E-state index contributed by atoms with van der Waals surface area (Å²) in [5, 5.41) is 2.75. The van der Waals surface area contributed by atoms with Crippen LogP contribution in [0, 0.1) is 5.41 Å². The lowest BCUT2D eigenvalue weighted by Crippen LogP contribution is -2.42. The third-order valence-electron chi connectivity index (χ3n) is 6.28. The van der Waals surface area contributed by atoms with Crippen molar-refractivity contribution in [3.05, 3.63) is 65.5 Å². The van der Waals surface area contributed by atoms with E-state index in [1.807, 2.05) is 23.4 Å². The standard InChI is InChI=1S/C24H30N4O2/c1-19(29)26-11-8-23(30)28-16-22-7-3-2-6-21(22)13-24(18-28)9-12-27(17-24)15-20-5-4-10-25-14-20/h2-7,10,14H,8-9,11-13,15-18H2,1H3,(H,26,29). The zero-order valence-electron chi connectivity index (χ0n) is 17.6. The predicted octanol–water partition coefficient (Wildman–Crippen LogP) is 2.38. The summed E-state index contributed by atoms with van der Waals surface area (Å²) in [7, 11) is 0. The average molecular weight is 407 g/mol. The van der Waals surface area contributed by atoms with Gasteiger partial charge in [-0.3, -0.25) is 19.5 Å². The third kappa shape index (κ3) is 4.87. The number of likely N-dealkylation sites (tertiary alicyclic amines) is 1. The number of amides is 2. The average Bonchev–Trinajstić information content (AvgIpc) is 3.02. The van der Waals surface area contributed by atoms with Gasteiger partial charge in [0.2, 0.25) is 11.8 Å². The summed E-state index contributed by atoms with van der Waals surface area (Å²) in [5.41, 5.74) is 3.90. The van der Waals surface area contributed by atoms with Gasteiger partial charge in [-0.25, -0.2) is 0 Å². The minimum atomic E-state index is -0.0951. The molecule has 0 aliphatic carbocycles. The number of aromatic nitrogens is 1. The van der Waals surface area contributed by atoms with E-state index in [1.54, 1.807) is 0 Å². The Hall–Kier alpha value is -2.73. The molecule has 1 fully saturated rings. The van der Waals surface area contributed by atoms with E-state index < -0.39 is 0 Å². The van der Waals surface area contributed by atoms with Gasteiger partial charge in [0.05, 0.1) is 0 Å². The zero-order chi connectivity index (χ0) is 21.0. The third-order valence-corrected chi connectivity index (χ3v) is 6.28. The van der Waals surface area contributed by atoms with Gasteiger partial charge in [-0.15, -0.1) is 0 Å². The van der Waals surface area contributed by atoms with Crippen molar-refractivity contribution in [2.45, 2.75) is 39.3 Å². The van der Waals surface area contributed by atoms with Gasteiger partial charge in [0.15, 0.2) is 0 Å². The molecule has 1 spiro atoms. The molecule has 2 aliphatic rings. The number of rotatable bonds is 5. The summed E-state index contributed by atoms with van der Waals surface area (Å²) < 4.78 is 0. The minimum Gasteiger partial charge on any atom is -0.356 e. The second-order valence-corrected chi connectivity index (χ2v) is 8.75. The number of carbonyl (C=O) groups excluding carboxylic acids is 2. The van der Waals surface area contributed by atoms with Gasteiger partial charge in [-0.1, -0.05) is 30.3 Å². The molecule has 3 heterocycles. The predicted molar refractivity (Wildman–Crippen MR) is 115 cm³/mol. The number of nitrogens with zero attached hydrogens (tertiary/aromatic N) is 3. The van der Waals surface area contributed by atoms with Crippen LogP contribution < -0.4 is 5.32 Å². The lowest BCUT2D eigenvalue weighted by molar-refractivity contribution is -0.133. The number of pyridine rings is 1. The summed E-state index contributed by atoms with van der Waals surface area (Å²) in [5.74, 6) is 0.0212. The first-order chi connectivity index (χ1) is 14.5. The van der Waals surface area contributed by atoms with Crippen LogP contribution in [0.4, 0.5) is 0 Å². The van der Waals surface area contributed by atoms with Gasteiger partial charge < -0.3 is 10.2 Å². The van der Waals surface area contributed by atoms with Gasteiger partial charge in [0.25, 0.3) is 0 Å². The molecule has 0 bridgehead atoms. The molecule has 0 saturated carbocycles. The molecular formula is C24H30N4O2. The SMILES string of the molecule is CC(=O)NCCC(=O)N1Cc2ccccc2CC2(CCN(Cc3cccnc3)C2)C1. The largest absolute Gasteiger partial charge is 0.356 e. The molecule has 158 valence electrons. The molecule has 1 unspecified atom stereocenters. The molecule has 2 amide bonds. The van der Waals surface area contributed by atoms with E-state index in [0.717, 1.165) is 39.0 Å². The molecule has 1 aromatic carbocycles. The summed E-state index contributed by atoms with van der Waals surface area (Å²) in [6.45, 7) is 6.21. The van der Waals surface area contributed by atoms with E-state index in [-0.39, 0.29) is 17.2 Å². The fourth-order valence-corrected chi connectivity index (χ4v) is 4.88. The number of fused-ring (bicyclic) bond motifs is 1. The topological polar surface area (TPSA) is 65.5 Å². The second kappa shape index (κ2) is 8.96. The second-order valence-electron chi connectivity index (χ2n) is 8.75. The van der Waals surface area contributed by atoms with E-state index in [0.29, 0.717) is 19.5 Å². The smallest absolute Gasteiger partial charge is 0.224 e. The highest BCUT2D eigenvalue weighted by Crippen LogP contribution is 2.39. The molecule has 2 aromatic rings. The Morgan fingerprint density at radius 3 is 2.73 bits per heavy atom. The number of hydrogen-bond donors (Lipinski definition) is 1. The van der Waals surface area contributed by atoms with E-state index in [1.165, 1.54) is 23.6 Å². The van der Waals surface area contributed by atoms with Crippen LogP contribution in [0.25, 0.3) is 0 Å². The highest BCUT2D eigenvalue weighted by atomic mass is 16.2. The lowest BCUT2D eigenvalue weighted by Gasteiger charge is -2.33. The lowest BCUT2D eigenvalue weighted by atomic mass is 9.80. The Kier molecular flexibility index (Phi) is 6.13. The first-order valence-electron chi connectivity index (χ1n) is 10.7. The normalized spacial score (nSPS) is 21.3. The van der Waals surface area contributed by atoms with Crippen LogP contribution in [0.15, 0.2) is 48.8 Å². The molecule has 0 radical (unpaired) electrons. The van der Waals surface area contributed by atoms with Crippen LogP contribution in [-0.4, -0.2) is 52.8 Å². The number of hydrogen-bond acceptors (Lipinski definition) is 4. The molecule has 1 atom stereocenters. The monoisotopic (exact) mass is 406 g/mol. The number of carbonyl (C=O) groups is 2. The van der Waals surface area contributed by atoms with Crippen molar-refractivity contribution in [1.82, 2.24) is 20.1 Å². The molecule has 6 heteroatoms. The van der Waals surface area contributed by atoms with Crippen LogP contribution in [0.5, 0.6) is 0 Å². The van der Waals surface area contributed by atoms with Gasteiger partial charge in [0, 0.05) is 63.9 Å². The van der Waals surface area contributed by atoms with Crippen molar-refractivity contribution in [1.29, 1.82) is 0 Å². The van der Waals surface area contributed by atoms with E-state index in [4.69, 9.17) is 0 Å². The van der Waals surface area contributed by atoms with Crippen LogP contribution in [0.1, 0.15) is 36.5 Å². The first-order valence-corrected chi connectivity index (χ1v) is 10.7. The van der Waals surface area contributed by atoms with Gasteiger partial charge in [-0.2, -0.15) is 0 Å². The van der Waals surface area contributed by atoms with Crippen molar-refractivity contribution >= 4 is 11.8 Å². The van der Waals surface area contributed by atoms with Gasteiger partial charge in [-0.05, 0) is 42.1 Å². The Labute approximate surface area is 178 Å². The highest BCUT2D eigenvalue weighted by molar-refractivity contribution is 5.78. The van der Waals surface area contributed by atoms with Crippen LogP contribution in [-0.2, 0) is 29.1 Å². The zero-order valence-corrected chi connectivity index (χ0v) is 17.6. The van der Waals surface area contributed by atoms with Gasteiger partial charge >= 0.3 is 0 Å². The summed E-state index contributed by atoms with van der Waals surface area (Å²) in [6.07, 6.45) is 6.17. The Morgan fingerprint density at radius 1 is 1.13 bits per heavy atom. The first kappa shape index (κ1) is 20.5. The van der Waals surface area contributed by atoms with Crippen molar-refractivity contribution in [3.63, 3.8) is 0 Å². The summed E-state index contributed by atoms with van der Waals surface area (Å²) >= 11 is 0. The molecule has 1 saturated heterocycles. The Bertz CT molecular complexity index is 901. The molecule has 30 heavy (non-hydrogen) atoms. The van der Waals surface area contributed by atoms with Crippen LogP contribution in [0.3, 0.4) is 0 Å². The maximum Gasteiger partial charge on any atom is 0.224 e. The van der Waals surface area contributed by atoms with Crippen molar-refractivity contribution in [2.24, 2.45) is 5.41 Å². The van der Waals surface area contributed by atoms with Crippen molar-refractivity contribution < 1.29 is 9.59 Å². The molecule has 6 nitrogen and oxygen atoms in total. The number of benzene rings is 1. The molecular weight excluding hydrogens is 376 g/mol. The van der Waals surface area contributed by atoms with Gasteiger partial charge in [0.1, 0.15) is 0 Å². The van der Waals surface area contributed by atoms with E-state index in [9.17, 15) is 9.59 Å². The van der Waals surface area contributed by atoms with Crippen molar-refractivity contribution in [2.75, 3.05) is 26.2 Å². The fraction of sp³-hybridized carbons (Fsp3) is 0.458. The maximum absolute atomic E-state index is 13.0. The molecule has 4 rings (SSSR count). The van der Waals surface area contributed by atoms with E-state index in [2.05, 4.69) is 45.5 Å². The van der Waals surface area contributed by atoms with Crippen molar-refractivity contribution in [3.8, 4) is 0 Å². The fourth-order valence-electron chi connectivity index (χ4n) is 4.88. The number of nitrogens with one attached hydrogen (secondary N) is 1. The minimum absolute atomic E-state index is 0.0679. The maximum atomic E-state index is 13.0. The molecule has 2 aliphatic heterocycles. The Morgan fingerprint density at radius 2 is 1.97 bits per heavy atom. The molecule has 1 aromatic heterocycles. The Balaban J connectivity index is 1.51. The molecule has 1 N–H and O–H groups in total. The summed E-state index contributed by atoms with van der Waals surface area (Å²) in [4.78, 5) is 32.9. The highest BCUT2D eigenvalue weighted by Gasteiger charge is 2.42. The summed E-state index contributed by atoms with van der Waals surface area (Å²) in [6, 6.07) is 12.6. The van der Waals surface area contributed by atoms with Crippen LogP contribution in [0.2, 0.25) is 0 Å².